The van der Waals surface area contributed by atoms with Crippen LogP contribution >= 0.6 is 0 Å². The summed E-state index contributed by atoms with van der Waals surface area (Å²) < 4.78 is 21.8. The molecular weight excluding hydrogens is 284 g/mol. The van der Waals surface area contributed by atoms with Crippen LogP contribution < -0.4 is 0 Å². The van der Waals surface area contributed by atoms with E-state index >= 15 is 0 Å². The van der Waals surface area contributed by atoms with E-state index in [4.69, 9.17) is 18.6 Å². The first-order valence-corrected chi connectivity index (χ1v) is 9.61. The molecule has 0 atom stereocenters. The summed E-state index contributed by atoms with van der Waals surface area (Å²) in [5, 5.41) is 0. The van der Waals surface area contributed by atoms with Crippen molar-refractivity contribution in [2.45, 2.75) is 58.4 Å². The van der Waals surface area contributed by atoms with Gasteiger partial charge in [0.1, 0.15) is 0 Å². The van der Waals surface area contributed by atoms with Crippen LogP contribution in [0.2, 0.25) is 6.04 Å². The van der Waals surface area contributed by atoms with E-state index in [-0.39, 0.29) is 0 Å². The van der Waals surface area contributed by atoms with Gasteiger partial charge >= 0.3 is 0 Å². The number of hydrogen-bond donors (Lipinski definition) is 0. The monoisotopic (exact) mass is 318 g/mol. The highest BCUT2D eigenvalue weighted by Crippen LogP contribution is 2.02. The normalized spacial score (nSPS) is 11.1. The van der Waals surface area contributed by atoms with Crippen LogP contribution in [0.3, 0.4) is 0 Å². The van der Waals surface area contributed by atoms with Gasteiger partial charge < -0.3 is 18.6 Å². The van der Waals surface area contributed by atoms with Crippen molar-refractivity contribution < 1.29 is 18.6 Å². The van der Waals surface area contributed by atoms with E-state index in [1.165, 1.54) is 38.1 Å². The highest BCUT2D eigenvalue weighted by atomic mass is 28.2. The Morgan fingerprint density at radius 1 is 0.571 bits per heavy atom. The molecule has 0 unspecified atom stereocenters. The zero-order chi connectivity index (χ0) is 15.4. The first-order valence-electron chi connectivity index (χ1n) is 8.49. The third-order valence-corrected chi connectivity index (χ3v) is 3.92. The largest absolute Gasteiger partial charge is 0.415 e. The maximum Gasteiger partial charge on any atom is 0.229 e. The predicted molar refractivity (Wildman–Crippen MR) is 88.0 cm³/mol. The maximum atomic E-state index is 5.54. The molecular formula is C16H34O4Si. The van der Waals surface area contributed by atoms with E-state index in [1.807, 2.05) is 0 Å². The Bertz CT molecular complexity index is 164. The average molecular weight is 319 g/mol. The Morgan fingerprint density at radius 2 is 1.14 bits per heavy atom. The number of hydrogen-bond acceptors (Lipinski definition) is 4. The highest BCUT2D eigenvalue weighted by molar-refractivity contribution is 6.26. The Balaban J connectivity index is 2.90. The van der Waals surface area contributed by atoms with Crippen LogP contribution in [0.4, 0.5) is 0 Å². The molecule has 0 spiro atoms. The molecule has 4 nitrogen and oxygen atoms in total. The smallest absolute Gasteiger partial charge is 0.229 e. The van der Waals surface area contributed by atoms with Gasteiger partial charge in [-0.05, 0) is 12.5 Å². The molecule has 0 amide bonds. The van der Waals surface area contributed by atoms with Crippen LogP contribution in [0.25, 0.3) is 0 Å². The Kier molecular flexibility index (Phi) is 20.1. The van der Waals surface area contributed by atoms with Crippen molar-refractivity contribution in [2.24, 2.45) is 0 Å². The van der Waals surface area contributed by atoms with E-state index < -0.39 is 0 Å². The second-order valence-electron chi connectivity index (χ2n) is 4.99. The zero-order valence-corrected chi connectivity index (χ0v) is 15.0. The molecule has 0 aromatic carbocycles. The van der Waals surface area contributed by atoms with Gasteiger partial charge in [-0.15, -0.1) is 0 Å². The third-order valence-electron chi connectivity index (χ3n) is 2.95. The van der Waals surface area contributed by atoms with Crippen molar-refractivity contribution in [3.05, 3.63) is 0 Å². The Morgan fingerprint density at radius 3 is 1.76 bits per heavy atom. The van der Waals surface area contributed by atoms with E-state index in [0.29, 0.717) is 49.4 Å². The van der Waals surface area contributed by atoms with E-state index in [0.717, 1.165) is 13.0 Å². The van der Waals surface area contributed by atoms with Crippen molar-refractivity contribution in [3.63, 3.8) is 0 Å². The van der Waals surface area contributed by atoms with Gasteiger partial charge in [0.25, 0.3) is 0 Å². The van der Waals surface area contributed by atoms with Gasteiger partial charge in [-0.3, -0.25) is 0 Å². The van der Waals surface area contributed by atoms with Crippen LogP contribution in [0.5, 0.6) is 0 Å². The molecule has 5 heteroatoms. The van der Waals surface area contributed by atoms with Crippen LogP contribution in [0.1, 0.15) is 52.4 Å². The molecule has 126 valence electrons. The first kappa shape index (κ1) is 21.1. The fourth-order valence-electron chi connectivity index (χ4n) is 1.66. The van der Waals surface area contributed by atoms with Gasteiger partial charge in [-0.25, -0.2) is 0 Å². The second kappa shape index (κ2) is 20.1. The minimum Gasteiger partial charge on any atom is -0.415 e. The highest BCUT2D eigenvalue weighted by Gasteiger charge is 1.94. The second-order valence-corrected chi connectivity index (χ2v) is 6.07. The Hall–Kier alpha value is 0.0569. The standard InChI is InChI=1S/C16H34O4Si/c1-3-5-7-8-16-21-20-15-14-19-13-12-18-11-10-17-9-6-4-2/h3-16H2,1-2H3. The average Bonchev–Trinajstić information content (AvgIpc) is 2.50. The lowest BCUT2D eigenvalue weighted by Crippen LogP contribution is -2.12. The molecule has 21 heavy (non-hydrogen) atoms. The zero-order valence-electron chi connectivity index (χ0n) is 14.0. The van der Waals surface area contributed by atoms with Crippen LogP contribution in [-0.4, -0.2) is 56.0 Å². The quantitative estimate of drug-likeness (QED) is 0.286. The van der Waals surface area contributed by atoms with Crippen molar-refractivity contribution in [3.8, 4) is 0 Å². The van der Waals surface area contributed by atoms with Crippen LogP contribution in [-0.2, 0) is 18.6 Å². The van der Waals surface area contributed by atoms with Crippen LogP contribution in [0.15, 0.2) is 0 Å². The first-order chi connectivity index (χ1) is 10.4. The van der Waals surface area contributed by atoms with E-state index in [9.17, 15) is 0 Å². The van der Waals surface area contributed by atoms with Gasteiger partial charge in [0, 0.05) is 6.61 Å². The molecule has 0 aliphatic carbocycles. The van der Waals surface area contributed by atoms with Gasteiger partial charge in [-0.1, -0.05) is 46.0 Å². The molecule has 0 saturated heterocycles. The summed E-state index contributed by atoms with van der Waals surface area (Å²) in [7, 11) is 0.627. The summed E-state index contributed by atoms with van der Waals surface area (Å²) in [6.07, 6.45) is 7.57. The molecule has 0 N–H and O–H groups in total. The summed E-state index contributed by atoms with van der Waals surface area (Å²) >= 11 is 0. The lowest BCUT2D eigenvalue weighted by atomic mass is 10.2. The van der Waals surface area contributed by atoms with Crippen molar-refractivity contribution in [1.29, 1.82) is 0 Å². The molecule has 0 saturated carbocycles. The maximum absolute atomic E-state index is 5.54. The van der Waals surface area contributed by atoms with Gasteiger partial charge in [-0.2, -0.15) is 0 Å². The fraction of sp³-hybridized carbons (Fsp3) is 1.00. The van der Waals surface area contributed by atoms with E-state index in [2.05, 4.69) is 13.8 Å². The summed E-state index contributed by atoms with van der Waals surface area (Å²) in [4.78, 5) is 0. The molecule has 0 aromatic rings. The van der Waals surface area contributed by atoms with Gasteiger partial charge in [0.2, 0.25) is 9.76 Å². The lowest BCUT2D eigenvalue weighted by Gasteiger charge is -2.07. The van der Waals surface area contributed by atoms with Crippen molar-refractivity contribution in [1.82, 2.24) is 0 Å². The van der Waals surface area contributed by atoms with Crippen molar-refractivity contribution >= 4 is 9.76 Å². The fourth-order valence-corrected chi connectivity index (χ4v) is 2.42. The molecule has 0 aliphatic rings. The SMILES string of the molecule is CCCCCC[Si]OCCOCCOCCOCCCC. The van der Waals surface area contributed by atoms with E-state index in [1.54, 1.807) is 0 Å². The summed E-state index contributed by atoms with van der Waals surface area (Å²) in [5.41, 5.74) is 0. The molecule has 2 radical (unpaired) electrons. The van der Waals surface area contributed by atoms with Gasteiger partial charge in [0.05, 0.1) is 39.6 Å². The molecule has 0 fully saturated rings. The molecule has 0 bridgehead atoms. The third kappa shape index (κ3) is 20.1. The summed E-state index contributed by atoms with van der Waals surface area (Å²) in [6, 6.07) is 1.20. The minimum absolute atomic E-state index is 0.627. The van der Waals surface area contributed by atoms with Gasteiger partial charge in [0.15, 0.2) is 0 Å². The molecule has 0 heterocycles. The molecule has 0 aromatic heterocycles. The number of rotatable bonds is 18. The topological polar surface area (TPSA) is 36.9 Å². The number of ether oxygens (including phenoxy) is 3. The molecule has 0 aliphatic heterocycles. The van der Waals surface area contributed by atoms with Crippen molar-refractivity contribution in [2.75, 3.05) is 46.2 Å². The number of unbranched alkanes of at least 4 members (excludes halogenated alkanes) is 4. The Labute approximate surface area is 133 Å². The lowest BCUT2D eigenvalue weighted by molar-refractivity contribution is 0.00908. The summed E-state index contributed by atoms with van der Waals surface area (Å²) in [5.74, 6) is 0. The minimum atomic E-state index is 0.627. The molecule has 0 rings (SSSR count). The summed E-state index contributed by atoms with van der Waals surface area (Å²) in [6.45, 7) is 9.21. The van der Waals surface area contributed by atoms with Crippen LogP contribution in [0, 0.1) is 0 Å². The predicted octanol–water partition coefficient (Wildman–Crippen LogP) is 3.47.